The minimum atomic E-state index is 0.158. The fraction of sp³-hybridized carbons (Fsp3) is 0.600. The zero-order chi connectivity index (χ0) is 13.8. The zero-order valence-electron chi connectivity index (χ0n) is 12.2. The third-order valence-corrected chi connectivity index (χ3v) is 3.52. The summed E-state index contributed by atoms with van der Waals surface area (Å²) in [6, 6.07) is 4.15. The van der Waals surface area contributed by atoms with Gasteiger partial charge in [-0.2, -0.15) is 0 Å². The quantitative estimate of drug-likeness (QED) is 0.817. The van der Waals surface area contributed by atoms with Crippen LogP contribution >= 0.6 is 0 Å². The lowest BCUT2D eigenvalue weighted by Crippen LogP contribution is -2.22. The van der Waals surface area contributed by atoms with Crippen molar-refractivity contribution >= 4 is 0 Å². The predicted octanol–water partition coefficient (Wildman–Crippen LogP) is 2.27. The first-order valence-electron chi connectivity index (χ1n) is 6.66. The molecule has 0 fully saturated rings. The summed E-state index contributed by atoms with van der Waals surface area (Å²) in [5.74, 6) is 1.58. The van der Waals surface area contributed by atoms with Crippen molar-refractivity contribution in [3.63, 3.8) is 0 Å². The minimum absolute atomic E-state index is 0.158. The summed E-state index contributed by atoms with van der Waals surface area (Å²) in [5, 5.41) is 0. The summed E-state index contributed by atoms with van der Waals surface area (Å²) < 4.78 is 16.7. The van der Waals surface area contributed by atoms with Crippen molar-refractivity contribution in [2.24, 2.45) is 0 Å². The van der Waals surface area contributed by atoms with Crippen LogP contribution in [0.3, 0.4) is 0 Å². The summed E-state index contributed by atoms with van der Waals surface area (Å²) in [5.41, 5.74) is 2.55. The Hall–Kier alpha value is -1.26. The van der Waals surface area contributed by atoms with E-state index >= 15 is 0 Å². The van der Waals surface area contributed by atoms with E-state index in [4.69, 9.17) is 14.2 Å². The number of hydrogen-bond donors (Lipinski definition) is 0. The Balaban J connectivity index is 2.27. The maximum Gasteiger partial charge on any atom is 0.161 e. The Morgan fingerprint density at radius 3 is 2.53 bits per heavy atom. The molecule has 2 rings (SSSR count). The standard InChI is InChI=1S/C15H23NO3/c1-16(2)7-5-13-12-10-15(18-4)14(17-3)9-11(12)6-8-19-13/h9-10,13H,5-8H2,1-4H3. The molecule has 1 aromatic rings. The molecule has 1 heterocycles. The fourth-order valence-electron chi connectivity index (χ4n) is 2.47. The van der Waals surface area contributed by atoms with E-state index in [-0.39, 0.29) is 6.10 Å². The Bertz CT molecular complexity index is 432. The SMILES string of the molecule is COc1cc2c(cc1OC)C(CCN(C)C)OCC2. The Morgan fingerprint density at radius 2 is 1.89 bits per heavy atom. The molecule has 1 aliphatic rings. The summed E-state index contributed by atoms with van der Waals surface area (Å²) >= 11 is 0. The van der Waals surface area contributed by atoms with Gasteiger partial charge in [0.15, 0.2) is 11.5 Å². The van der Waals surface area contributed by atoms with Crippen LogP contribution in [0.2, 0.25) is 0 Å². The van der Waals surface area contributed by atoms with Crippen molar-refractivity contribution in [2.45, 2.75) is 18.9 Å². The van der Waals surface area contributed by atoms with Crippen molar-refractivity contribution in [1.29, 1.82) is 0 Å². The van der Waals surface area contributed by atoms with Gasteiger partial charge in [0.05, 0.1) is 26.9 Å². The summed E-state index contributed by atoms with van der Waals surface area (Å²) in [7, 11) is 7.51. The number of hydrogen-bond acceptors (Lipinski definition) is 4. The van der Waals surface area contributed by atoms with Crippen molar-refractivity contribution in [2.75, 3.05) is 41.5 Å². The number of rotatable bonds is 5. The second-order valence-corrected chi connectivity index (χ2v) is 5.11. The van der Waals surface area contributed by atoms with E-state index in [1.54, 1.807) is 14.2 Å². The molecule has 1 unspecified atom stereocenters. The van der Waals surface area contributed by atoms with Gasteiger partial charge in [-0.25, -0.2) is 0 Å². The Morgan fingerprint density at radius 1 is 1.21 bits per heavy atom. The second-order valence-electron chi connectivity index (χ2n) is 5.11. The third kappa shape index (κ3) is 3.19. The van der Waals surface area contributed by atoms with Crippen molar-refractivity contribution in [1.82, 2.24) is 4.90 Å². The molecule has 1 atom stereocenters. The van der Waals surface area contributed by atoms with Crippen LogP contribution in [0.5, 0.6) is 11.5 Å². The van der Waals surface area contributed by atoms with Crippen LogP contribution in [-0.4, -0.2) is 46.4 Å². The molecule has 0 spiro atoms. The molecule has 0 saturated heterocycles. The molecular weight excluding hydrogens is 242 g/mol. The van der Waals surface area contributed by atoms with E-state index in [1.165, 1.54) is 11.1 Å². The third-order valence-electron chi connectivity index (χ3n) is 3.52. The lowest BCUT2D eigenvalue weighted by molar-refractivity contribution is 0.0319. The first-order valence-corrected chi connectivity index (χ1v) is 6.66. The van der Waals surface area contributed by atoms with Crippen LogP contribution in [0, 0.1) is 0 Å². The average molecular weight is 265 g/mol. The lowest BCUT2D eigenvalue weighted by atomic mass is 9.95. The van der Waals surface area contributed by atoms with E-state index in [0.717, 1.165) is 37.5 Å². The van der Waals surface area contributed by atoms with E-state index in [2.05, 4.69) is 31.1 Å². The van der Waals surface area contributed by atoms with Crippen LogP contribution in [-0.2, 0) is 11.2 Å². The molecule has 0 bridgehead atoms. The van der Waals surface area contributed by atoms with Gasteiger partial charge in [0, 0.05) is 6.54 Å². The molecule has 0 aliphatic carbocycles. The Labute approximate surface area is 115 Å². The van der Waals surface area contributed by atoms with Crippen molar-refractivity contribution in [3.05, 3.63) is 23.3 Å². The Kier molecular flexibility index (Phi) is 4.66. The predicted molar refractivity (Wildman–Crippen MR) is 75.1 cm³/mol. The fourth-order valence-corrected chi connectivity index (χ4v) is 2.47. The van der Waals surface area contributed by atoms with Crippen molar-refractivity contribution in [3.8, 4) is 11.5 Å². The molecule has 1 aromatic carbocycles. The molecule has 19 heavy (non-hydrogen) atoms. The van der Waals surface area contributed by atoms with E-state index < -0.39 is 0 Å². The number of methoxy groups -OCH3 is 2. The van der Waals surface area contributed by atoms with Gasteiger partial charge in [0.2, 0.25) is 0 Å². The number of nitrogens with zero attached hydrogens (tertiary/aromatic N) is 1. The number of ether oxygens (including phenoxy) is 3. The molecule has 106 valence electrons. The van der Waals surface area contributed by atoms with Gasteiger partial charge in [-0.1, -0.05) is 0 Å². The monoisotopic (exact) mass is 265 g/mol. The maximum atomic E-state index is 5.90. The van der Waals surface area contributed by atoms with Gasteiger partial charge in [0.1, 0.15) is 0 Å². The highest BCUT2D eigenvalue weighted by Crippen LogP contribution is 2.38. The molecule has 1 aliphatic heterocycles. The lowest BCUT2D eigenvalue weighted by Gasteiger charge is -2.28. The van der Waals surface area contributed by atoms with Gasteiger partial charge < -0.3 is 19.1 Å². The van der Waals surface area contributed by atoms with Gasteiger partial charge in [-0.3, -0.25) is 0 Å². The number of benzene rings is 1. The largest absolute Gasteiger partial charge is 0.493 e. The first-order chi connectivity index (χ1) is 9.15. The highest BCUT2D eigenvalue weighted by Gasteiger charge is 2.23. The zero-order valence-corrected chi connectivity index (χ0v) is 12.2. The van der Waals surface area contributed by atoms with E-state index in [9.17, 15) is 0 Å². The van der Waals surface area contributed by atoms with Gasteiger partial charge in [-0.15, -0.1) is 0 Å². The average Bonchev–Trinajstić information content (AvgIpc) is 2.43. The molecular formula is C15H23NO3. The summed E-state index contributed by atoms with van der Waals surface area (Å²) in [4.78, 5) is 2.18. The van der Waals surface area contributed by atoms with Gasteiger partial charge in [0.25, 0.3) is 0 Å². The molecule has 0 N–H and O–H groups in total. The van der Waals surface area contributed by atoms with Crippen LogP contribution in [0.1, 0.15) is 23.7 Å². The van der Waals surface area contributed by atoms with Gasteiger partial charge >= 0.3 is 0 Å². The minimum Gasteiger partial charge on any atom is -0.493 e. The van der Waals surface area contributed by atoms with Crippen molar-refractivity contribution < 1.29 is 14.2 Å². The first kappa shape index (κ1) is 14.2. The normalized spacial score (nSPS) is 18.3. The van der Waals surface area contributed by atoms with Crippen LogP contribution in [0.15, 0.2) is 12.1 Å². The van der Waals surface area contributed by atoms with E-state index in [1.807, 2.05) is 0 Å². The highest BCUT2D eigenvalue weighted by atomic mass is 16.5. The molecule has 0 aromatic heterocycles. The van der Waals surface area contributed by atoms with Gasteiger partial charge in [-0.05, 0) is 50.2 Å². The number of fused-ring (bicyclic) bond motifs is 1. The molecule has 4 nitrogen and oxygen atoms in total. The smallest absolute Gasteiger partial charge is 0.161 e. The maximum absolute atomic E-state index is 5.90. The highest BCUT2D eigenvalue weighted by molar-refractivity contribution is 5.48. The van der Waals surface area contributed by atoms with Crippen LogP contribution in [0.25, 0.3) is 0 Å². The molecule has 4 heteroatoms. The van der Waals surface area contributed by atoms with Crippen LogP contribution in [0.4, 0.5) is 0 Å². The topological polar surface area (TPSA) is 30.9 Å². The second kappa shape index (κ2) is 6.26. The molecule has 0 radical (unpaired) electrons. The van der Waals surface area contributed by atoms with E-state index in [0.29, 0.717) is 0 Å². The van der Waals surface area contributed by atoms with Crippen LogP contribution < -0.4 is 9.47 Å². The summed E-state index contributed by atoms with van der Waals surface area (Å²) in [6.45, 7) is 1.79. The summed E-state index contributed by atoms with van der Waals surface area (Å²) in [6.07, 6.45) is 2.09. The molecule has 0 amide bonds. The molecule has 0 saturated carbocycles.